The maximum Gasteiger partial charge on any atom is 0.237 e. The summed E-state index contributed by atoms with van der Waals surface area (Å²) in [7, 11) is 0. The fourth-order valence-electron chi connectivity index (χ4n) is 2.88. The van der Waals surface area contributed by atoms with Crippen LogP contribution in [0.25, 0.3) is 10.7 Å². The molecule has 0 bridgehead atoms. The summed E-state index contributed by atoms with van der Waals surface area (Å²) >= 11 is 9.16. The minimum atomic E-state index is -0.379. The normalized spacial score (nSPS) is 11.9. The third-order valence-electron chi connectivity index (χ3n) is 4.43. The number of benzene rings is 2. The highest BCUT2D eigenvalue weighted by molar-refractivity contribution is 8.00. The van der Waals surface area contributed by atoms with E-state index >= 15 is 0 Å². The first-order valence-electron chi connectivity index (χ1n) is 9.35. The van der Waals surface area contributed by atoms with E-state index in [1.54, 1.807) is 23.5 Å². The highest BCUT2D eigenvalue weighted by Gasteiger charge is 2.22. The smallest absolute Gasteiger partial charge is 0.237 e. The van der Waals surface area contributed by atoms with Crippen molar-refractivity contribution in [3.63, 3.8) is 0 Å². The predicted molar refractivity (Wildman–Crippen MR) is 124 cm³/mol. The van der Waals surface area contributed by atoms with Gasteiger partial charge in [0, 0.05) is 0 Å². The highest BCUT2D eigenvalue weighted by Crippen LogP contribution is 2.30. The third kappa shape index (κ3) is 4.75. The van der Waals surface area contributed by atoms with Crippen LogP contribution in [0.5, 0.6) is 0 Å². The molecule has 1 amide bonds. The van der Waals surface area contributed by atoms with Gasteiger partial charge in [0.15, 0.2) is 11.0 Å². The second-order valence-corrected chi connectivity index (χ2v) is 9.25. The minimum absolute atomic E-state index is 0.139. The van der Waals surface area contributed by atoms with Crippen molar-refractivity contribution in [3.05, 3.63) is 82.7 Å². The van der Waals surface area contributed by atoms with Gasteiger partial charge in [0.25, 0.3) is 0 Å². The molecule has 2 heterocycles. The summed E-state index contributed by atoms with van der Waals surface area (Å²) in [4.78, 5) is 13.8. The summed E-state index contributed by atoms with van der Waals surface area (Å²) in [5, 5.41) is 14.5. The Labute approximate surface area is 188 Å². The Morgan fingerprint density at radius 3 is 2.60 bits per heavy atom. The highest BCUT2D eigenvalue weighted by atomic mass is 35.5. The van der Waals surface area contributed by atoms with Gasteiger partial charge in [-0.2, -0.15) is 0 Å². The zero-order valence-electron chi connectivity index (χ0n) is 16.2. The molecule has 30 heavy (non-hydrogen) atoms. The molecule has 152 valence electrons. The Kier molecular flexibility index (Phi) is 6.52. The number of thioether (sulfide) groups is 1. The fourth-order valence-corrected chi connectivity index (χ4v) is 4.63. The molecule has 0 aliphatic heterocycles. The molecule has 0 fully saturated rings. The summed E-state index contributed by atoms with van der Waals surface area (Å²) in [6.07, 6.45) is 0. The Balaban J connectivity index is 1.57. The van der Waals surface area contributed by atoms with E-state index in [4.69, 9.17) is 11.6 Å². The molecule has 5 nitrogen and oxygen atoms in total. The average molecular weight is 455 g/mol. The van der Waals surface area contributed by atoms with Crippen molar-refractivity contribution < 1.29 is 4.79 Å². The minimum Gasteiger partial charge on any atom is -0.324 e. The standard InChI is InChI=1S/C22H19ClN4OS2/c1-15(21(28)24-18-11-6-5-10-17(18)23)30-22-26-25-20(19-12-7-13-29-19)27(22)14-16-8-3-2-4-9-16/h2-13,15H,14H2,1H3,(H,24,28). The van der Waals surface area contributed by atoms with E-state index in [1.165, 1.54) is 11.8 Å². The number of nitrogens with zero attached hydrogens (tertiary/aromatic N) is 3. The van der Waals surface area contributed by atoms with Crippen LogP contribution in [0, 0.1) is 0 Å². The summed E-state index contributed by atoms with van der Waals surface area (Å²) in [5.41, 5.74) is 1.74. The quantitative estimate of drug-likeness (QED) is 0.357. The number of anilines is 1. The van der Waals surface area contributed by atoms with E-state index < -0.39 is 0 Å². The molecule has 1 atom stereocenters. The van der Waals surface area contributed by atoms with E-state index in [-0.39, 0.29) is 11.2 Å². The fraction of sp³-hybridized carbons (Fsp3) is 0.136. The van der Waals surface area contributed by atoms with Crippen molar-refractivity contribution in [1.82, 2.24) is 14.8 Å². The van der Waals surface area contributed by atoms with Crippen molar-refractivity contribution in [1.29, 1.82) is 0 Å². The molecule has 4 rings (SSSR count). The van der Waals surface area contributed by atoms with Crippen LogP contribution in [0.3, 0.4) is 0 Å². The van der Waals surface area contributed by atoms with Crippen LogP contribution >= 0.6 is 34.7 Å². The predicted octanol–water partition coefficient (Wildman–Crippen LogP) is 5.83. The SMILES string of the molecule is CC(Sc1nnc(-c2cccs2)n1Cc1ccccc1)C(=O)Nc1ccccc1Cl. The molecule has 2 aromatic heterocycles. The van der Waals surface area contributed by atoms with Crippen LogP contribution < -0.4 is 5.32 Å². The van der Waals surface area contributed by atoms with E-state index in [0.717, 1.165) is 16.3 Å². The van der Waals surface area contributed by atoms with Gasteiger partial charge in [0.05, 0.1) is 27.4 Å². The molecular weight excluding hydrogens is 436 g/mol. The number of rotatable bonds is 7. The summed E-state index contributed by atoms with van der Waals surface area (Å²) < 4.78 is 2.06. The van der Waals surface area contributed by atoms with Crippen LogP contribution in [-0.2, 0) is 11.3 Å². The molecule has 0 spiro atoms. The second-order valence-electron chi connectivity index (χ2n) is 6.58. The lowest BCUT2D eigenvalue weighted by atomic mass is 10.2. The summed E-state index contributed by atoms with van der Waals surface area (Å²) in [5.74, 6) is 0.662. The zero-order valence-corrected chi connectivity index (χ0v) is 18.5. The molecule has 4 aromatic rings. The lowest BCUT2D eigenvalue weighted by molar-refractivity contribution is -0.115. The van der Waals surface area contributed by atoms with Crippen molar-refractivity contribution in [2.45, 2.75) is 23.9 Å². The average Bonchev–Trinajstić information content (AvgIpc) is 3.41. The lowest BCUT2D eigenvalue weighted by Crippen LogP contribution is -2.23. The van der Waals surface area contributed by atoms with Crippen LogP contribution in [0.1, 0.15) is 12.5 Å². The molecule has 2 aromatic carbocycles. The van der Waals surface area contributed by atoms with Crippen molar-refractivity contribution in [2.75, 3.05) is 5.32 Å². The number of aromatic nitrogens is 3. The Hall–Kier alpha value is -2.61. The van der Waals surface area contributed by atoms with Gasteiger partial charge in [0.2, 0.25) is 5.91 Å². The Bertz CT molecular complexity index is 1130. The largest absolute Gasteiger partial charge is 0.324 e. The Morgan fingerprint density at radius 1 is 1.10 bits per heavy atom. The molecular formula is C22H19ClN4OS2. The molecule has 8 heteroatoms. The van der Waals surface area contributed by atoms with Crippen LogP contribution in [-0.4, -0.2) is 25.9 Å². The van der Waals surface area contributed by atoms with Crippen molar-refractivity contribution in [3.8, 4) is 10.7 Å². The topological polar surface area (TPSA) is 59.8 Å². The number of nitrogens with one attached hydrogen (secondary N) is 1. The number of para-hydroxylation sites is 1. The summed E-state index contributed by atoms with van der Waals surface area (Å²) in [6.45, 7) is 2.48. The number of amides is 1. The summed E-state index contributed by atoms with van der Waals surface area (Å²) in [6, 6.07) is 21.4. The Morgan fingerprint density at radius 2 is 1.87 bits per heavy atom. The number of hydrogen-bond donors (Lipinski definition) is 1. The first kappa shape index (κ1) is 20.7. The van der Waals surface area contributed by atoms with Gasteiger partial charge in [-0.1, -0.05) is 71.9 Å². The lowest BCUT2D eigenvalue weighted by Gasteiger charge is -2.14. The van der Waals surface area contributed by atoms with E-state index in [9.17, 15) is 4.79 Å². The number of carbonyl (C=O) groups excluding carboxylic acids is 1. The van der Waals surface area contributed by atoms with E-state index in [0.29, 0.717) is 22.4 Å². The number of halogens is 1. The van der Waals surface area contributed by atoms with Gasteiger partial charge in [-0.3, -0.25) is 9.36 Å². The molecule has 0 saturated heterocycles. The van der Waals surface area contributed by atoms with Crippen LogP contribution in [0.2, 0.25) is 5.02 Å². The van der Waals surface area contributed by atoms with E-state index in [1.807, 2.05) is 54.8 Å². The number of carbonyl (C=O) groups is 1. The zero-order chi connectivity index (χ0) is 20.9. The first-order chi connectivity index (χ1) is 14.6. The number of hydrogen-bond acceptors (Lipinski definition) is 5. The van der Waals surface area contributed by atoms with Gasteiger partial charge in [-0.15, -0.1) is 21.5 Å². The first-order valence-corrected chi connectivity index (χ1v) is 11.5. The monoisotopic (exact) mass is 454 g/mol. The van der Waals surface area contributed by atoms with Crippen molar-refractivity contribution in [2.24, 2.45) is 0 Å². The molecule has 0 radical (unpaired) electrons. The van der Waals surface area contributed by atoms with Gasteiger partial charge < -0.3 is 5.32 Å². The van der Waals surface area contributed by atoms with Gasteiger partial charge in [-0.05, 0) is 36.1 Å². The van der Waals surface area contributed by atoms with E-state index in [2.05, 4.69) is 32.2 Å². The molecule has 1 N–H and O–H groups in total. The van der Waals surface area contributed by atoms with Gasteiger partial charge in [0.1, 0.15) is 0 Å². The molecule has 0 aliphatic carbocycles. The maximum absolute atomic E-state index is 12.7. The van der Waals surface area contributed by atoms with Gasteiger partial charge in [-0.25, -0.2) is 0 Å². The molecule has 0 saturated carbocycles. The molecule has 0 aliphatic rings. The maximum atomic E-state index is 12.7. The third-order valence-corrected chi connectivity index (χ3v) is 6.70. The second kappa shape index (κ2) is 9.47. The number of thiophene rings is 1. The van der Waals surface area contributed by atoms with Crippen LogP contribution in [0.15, 0.2) is 77.3 Å². The molecule has 1 unspecified atom stereocenters. The van der Waals surface area contributed by atoms with Crippen LogP contribution in [0.4, 0.5) is 5.69 Å². The van der Waals surface area contributed by atoms with Gasteiger partial charge >= 0.3 is 0 Å². The van der Waals surface area contributed by atoms with Crippen molar-refractivity contribution >= 4 is 46.3 Å².